The second-order valence-electron chi connectivity index (χ2n) is 5.53. The minimum absolute atomic E-state index is 0.106. The molecule has 0 amide bonds. The summed E-state index contributed by atoms with van der Waals surface area (Å²) in [6.07, 6.45) is 1.61. The maximum Gasteiger partial charge on any atom is 0.337 e. The maximum absolute atomic E-state index is 12.5. The van der Waals surface area contributed by atoms with Crippen LogP contribution >= 0.6 is 0 Å². The molecular formula is C15H22N2O4S. The summed E-state index contributed by atoms with van der Waals surface area (Å²) < 4.78 is 31.1. The zero-order chi connectivity index (χ0) is 16.2. The molecule has 1 aliphatic heterocycles. The third kappa shape index (κ3) is 4.06. The number of hydrogen-bond donors (Lipinski definition) is 1. The normalized spacial score (nSPS) is 17.4. The van der Waals surface area contributed by atoms with Crippen LogP contribution in [0.3, 0.4) is 0 Å². The van der Waals surface area contributed by atoms with Gasteiger partial charge >= 0.3 is 5.97 Å². The lowest BCUT2D eigenvalue weighted by atomic mass is 9.99. The Morgan fingerprint density at radius 1 is 1.36 bits per heavy atom. The highest BCUT2D eigenvalue weighted by Crippen LogP contribution is 2.21. The predicted octanol–water partition coefficient (Wildman–Crippen LogP) is 0.974. The molecule has 0 saturated carbocycles. The molecule has 1 heterocycles. The van der Waals surface area contributed by atoms with Crippen molar-refractivity contribution in [1.82, 2.24) is 4.31 Å². The van der Waals surface area contributed by atoms with Gasteiger partial charge in [0.2, 0.25) is 10.0 Å². The number of rotatable bonds is 5. The van der Waals surface area contributed by atoms with E-state index in [4.69, 9.17) is 5.73 Å². The summed E-state index contributed by atoms with van der Waals surface area (Å²) >= 11 is 0. The molecule has 7 heteroatoms. The van der Waals surface area contributed by atoms with Crippen molar-refractivity contribution in [3.8, 4) is 0 Å². The Morgan fingerprint density at radius 2 is 2.05 bits per heavy atom. The number of sulfonamides is 1. The van der Waals surface area contributed by atoms with Gasteiger partial charge in [-0.3, -0.25) is 0 Å². The fourth-order valence-corrected chi connectivity index (χ4v) is 4.18. The van der Waals surface area contributed by atoms with Crippen LogP contribution < -0.4 is 5.73 Å². The van der Waals surface area contributed by atoms with Crippen LogP contribution in [0.5, 0.6) is 0 Å². The van der Waals surface area contributed by atoms with Gasteiger partial charge in [0, 0.05) is 13.1 Å². The summed E-state index contributed by atoms with van der Waals surface area (Å²) in [6.45, 7) is 1.64. The second-order valence-corrected chi connectivity index (χ2v) is 7.50. The largest absolute Gasteiger partial charge is 0.465 e. The van der Waals surface area contributed by atoms with E-state index in [1.54, 1.807) is 24.3 Å². The Bertz CT molecular complexity index is 622. The molecule has 2 N–H and O–H groups in total. The summed E-state index contributed by atoms with van der Waals surface area (Å²) in [5.74, 6) is -0.164. The van der Waals surface area contributed by atoms with E-state index in [9.17, 15) is 13.2 Å². The Hall–Kier alpha value is -1.44. The number of ether oxygens (including phenoxy) is 1. The molecule has 1 saturated heterocycles. The standard InChI is InChI=1S/C15H22N2O4S/c1-21-15(18)14-4-2-3-13(9-14)11-22(19,20)17-7-5-12(10-16)6-8-17/h2-4,9,12H,5-8,10-11,16H2,1H3. The quantitative estimate of drug-likeness (QED) is 0.815. The highest BCUT2D eigenvalue weighted by Gasteiger charge is 2.27. The van der Waals surface area contributed by atoms with Crippen LogP contribution in [0.4, 0.5) is 0 Å². The molecule has 1 aromatic rings. The van der Waals surface area contributed by atoms with Crippen LogP contribution in [0.15, 0.2) is 24.3 Å². The molecular weight excluding hydrogens is 304 g/mol. The van der Waals surface area contributed by atoms with Crippen LogP contribution in [-0.2, 0) is 20.5 Å². The zero-order valence-electron chi connectivity index (χ0n) is 12.7. The predicted molar refractivity (Wildman–Crippen MR) is 83.8 cm³/mol. The monoisotopic (exact) mass is 326 g/mol. The van der Waals surface area contributed by atoms with Crippen molar-refractivity contribution >= 4 is 16.0 Å². The summed E-state index contributed by atoms with van der Waals surface area (Å²) in [6, 6.07) is 6.54. The van der Waals surface area contributed by atoms with Gasteiger partial charge in [-0.1, -0.05) is 12.1 Å². The molecule has 0 unspecified atom stereocenters. The lowest BCUT2D eigenvalue weighted by molar-refractivity contribution is 0.0600. The van der Waals surface area contributed by atoms with E-state index in [1.807, 2.05) is 0 Å². The van der Waals surface area contributed by atoms with Gasteiger partial charge < -0.3 is 10.5 Å². The minimum Gasteiger partial charge on any atom is -0.465 e. The molecule has 0 atom stereocenters. The molecule has 2 rings (SSSR count). The third-order valence-corrected chi connectivity index (χ3v) is 5.85. The molecule has 0 bridgehead atoms. The lowest BCUT2D eigenvalue weighted by Gasteiger charge is -2.30. The molecule has 1 aromatic carbocycles. The van der Waals surface area contributed by atoms with Gasteiger partial charge in [0.25, 0.3) is 0 Å². The molecule has 6 nitrogen and oxygen atoms in total. The SMILES string of the molecule is COC(=O)c1cccc(CS(=O)(=O)N2CCC(CN)CC2)c1. The Balaban J connectivity index is 2.07. The van der Waals surface area contributed by atoms with E-state index >= 15 is 0 Å². The highest BCUT2D eigenvalue weighted by molar-refractivity contribution is 7.88. The summed E-state index contributed by atoms with van der Waals surface area (Å²) in [5.41, 5.74) is 6.57. The van der Waals surface area contributed by atoms with Gasteiger partial charge in [-0.2, -0.15) is 0 Å². The Kier molecular flexibility index (Phi) is 5.55. The molecule has 1 aliphatic rings. The number of methoxy groups -OCH3 is 1. The summed E-state index contributed by atoms with van der Waals surface area (Å²) in [4.78, 5) is 11.5. The minimum atomic E-state index is -3.38. The molecule has 22 heavy (non-hydrogen) atoms. The van der Waals surface area contributed by atoms with Crippen LogP contribution in [-0.4, -0.2) is 45.4 Å². The van der Waals surface area contributed by atoms with Crippen molar-refractivity contribution in [2.75, 3.05) is 26.7 Å². The van der Waals surface area contributed by atoms with Crippen LogP contribution in [0.1, 0.15) is 28.8 Å². The van der Waals surface area contributed by atoms with Gasteiger partial charge in [0.05, 0.1) is 18.4 Å². The van der Waals surface area contributed by atoms with Crippen molar-refractivity contribution in [3.05, 3.63) is 35.4 Å². The van der Waals surface area contributed by atoms with Crippen molar-refractivity contribution in [1.29, 1.82) is 0 Å². The number of benzene rings is 1. The summed E-state index contributed by atoms with van der Waals surface area (Å²) in [5, 5.41) is 0. The van der Waals surface area contributed by atoms with Crippen molar-refractivity contribution in [2.45, 2.75) is 18.6 Å². The molecule has 0 spiro atoms. The first-order valence-electron chi connectivity index (χ1n) is 7.31. The van der Waals surface area contributed by atoms with Crippen LogP contribution in [0.25, 0.3) is 0 Å². The summed E-state index contributed by atoms with van der Waals surface area (Å²) in [7, 11) is -2.08. The number of nitrogens with zero attached hydrogens (tertiary/aromatic N) is 1. The van der Waals surface area contributed by atoms with Crippen molar-refractivity contribution < 1.29 is 17.9 Å². The van der Waals surface area contributed by atoms with Crippen LogP contribution in [0, 0.1) is 5.92 Å². The van der Waals surface area contributed by atoms with Crippen molar-refractivity contribution in [3.63, 3.8) is 0 Å². The molecule has 122 valence electrons. The number of nitrogens with two attached hydrogens (primary N) is 1. The Labute approximate surface area is 131 Å². The number of carbonyl (C=O) groups excluding carboxylic acids is 1. The van der Waals surface area contributed by atoms with Gasteiger partial charge in [-0.25, -0.2) is 17.5 Å². The lowest BCUT2D eigenvalue weighted by Crippen LogP contribution is -2.40. The van der Waals surface area contributed by atoms with E-state index < -0.39 is 16.0 Å². The molecule has 0 aromatic heterocycles. The Morgan fingerprint density at radius 3 is 2.64 bits per heavy atom. The van der Waals surface area contributed by atoms with Crippen LogP contribution in [0.2, 0.25) is 0 Å². The van der Waals surface area contributed by atoms with E-state index in [1.165, 1.54) is 11.4 Å². The van der Waals surface area contributed by atoms with E-state index in [0.717, 1.165) is 12.8 Å². The average molecular weight is 326 g/mol. The number of piperidine rings is 1. The second kappa shape index (κ2) is 7.21. The van der Waals surface area contributed by atoms with Gasteiger partial charge in [0.15, 0.2) is 0 Å². The first kappa shape index (κ1) is 16.9. The average Bonchev–Trinajstić information content (AvgIpc) is 2.54. The van der Waals surface area contributed by atoms with Crippen molar-refractivity contribution in [2.24, 2.45) is 11.7 Å². The zero-order valence-corrected chi connectivity index (χ0v) is 13.5. The maximum atomic E-state index is 12.5. The smallest absolute Gasteiger partial charge is 0.337 e. The topological polar surface area (TPSA) is 89.7 Å². The molecule has 1 fully saturated rings. The van der Waals surface area contributed by atoms with E-state index in [0.29, 0.717) is 36.7 Å². The first-order valence-corrected chi connectivity index (χ1v) is 8.92. The third-order valence-electron chi connectivity index (χ3n) is 4.00. The van der Waals surface area contributed by atoms with Gasteiger partial charge in [-0.05, 0) is 43.0 Å². The fourth-order valence-electron chi connectivity index (χ4n) is 2.63. The number of esters is 1. The molecule has 0 aliphatic carbocycles. The number of carbonyl (C=O) groups is 1. The van der Waals surface area contributed by atoms with Gasteiger partial charge in [-0.15, -0.1) is 0 Å². The number of hydrogen-bond acceptors (Lipinski definition) is 5. The fraction of sp³-hybridized carbons (Fsp3) is 0.533. The highest BCUT2D eigenvalue weighted by atomic mass is 32.2. The molecule has 0 radical (unpaired) electrons. The van der Waals surface area contributed by atoms with E-state index in [-0.39, 0.29) is 5.75 Å². The van der Waals surface area contributed by atoms with Gasteiger partial charge in [0.1, 0.15) is 0 Å². The van der Waals surface area contributed by atoms with E-state index in [2.05, 4.69) is 4.74 Å². The first-order chi connectivity index (χ1) is 10.5.